The molecule has 5 heteroatoms. The molecule has 1 amide bonds. The largest absolute Gasteiger partial charge is 0.379 e. The van der Waals surface area contributed by atoms with Gasteiger partial charge in [-0.3, -0.25) is 4.79 Å². The van der Waals surface area contributed by atoms with Crippen molar-refractivity contribution >= 4 is 18.3 Å². The van der Waals surface area contributed by atoms with E-state index in [0.29, 0.717) is 12.1 Å². The van der Waals surface area contributed by atoms with Crippen molar-refractivity contribution in [2.75, 3.05) is 7.11 Å². The normalized spacial score (nSPS) is 12.4. The van der Waals surface area contributed by atoms with Gasteiger partial charge in [0.2, 0.25) is 0 Å². The molecule has 0 bridgehead atoms. The number of benzene rings is 1. The van der Waals surface area contributed by atoms with Crippen LogP contribution in [0.2, 0.25) is 0 Å². The number of methoxy groups -OCH3 is 1. The van der Waals surface area contributed by atoms with E-state index in [4.69, 9.17) is 10.5 Å². The summed E-state index contributed by atoms with van der Waals surface area (Å²) in [4.78, 5) is 12.0. The molecule has 1 rings (SSSR count). The van der Waals surface area contributed by atoms with E-state index >= 15 is 0 Å². The molecular formula is C15H25ClN2O2. The Bertz CT molecular complexity index is 418. The minimum atomic E-state index is -0.240. The summed E-state index contributed by atoms with van der Waals surface area (Å²) in [6.45, 7) is 6.48. The molecule has 1 aromatic carbocycles. The number of carbonyl (C=O) groups excluding carboxylic acids is 1. The lowest BCUT2D eigenvalue weighted by Gasteiger charge is -2.27. The van der Waals surface area contributed by atoms with Crippen molar-refractivity contribution in [2.45, 2.75) is 45.4 Å². The average Bonchev–Trinajstić information content (AvgIpc) is 2.38. The first-order chi connectivity index (χ1) is 8.88. The molecule has 114 valence electrons. The molecule has 20 heavy (non-hydrogen) atoms. The van der Waals surface area contributed by atoms with Crippen LogP contribution < -0.4 is 11.1 Å². The number of ether oxygens (including phenoxy) is 1. The fraction of sp³-hybridized carbons (Fsp3) is 0.533. The van der Waals surface area contributed by atoms with Gasteiger partial charge in [-0.25, -0.2) is 0 Å². The molecule has 0 aliphatic heterocycles. The Morgan fingerprint density at radius 3 is 2.35 bits per heavy atom. The summed E-state index contributed by atoms with van der Waals surface area (Å²) in [5, 5.41) is 2.97. The summed E-state index contributed by atoms with van der Waals surface area (Å²) in [6.07, 6.45) is 0.760. The molecule has 0 fully saturated rings. The molecule has 1 unspecified atom stereocenters. The van der Waals surface area contributed by atoms with Gasteiger partial charge in [0.1, 0.15) is 0 Å². The van der Waals surface area contributed by atoms with Crippen LogP contribution in [0, 0.1) is 0 Å². The number of hydrogen-bond acceptors (Lipinski definition) is 3. The van der Waals surface area contributed by atoms with Crippen molar-refractivity contribution in [1.29, 1.82) is 0 Å². The van der Waals surface area contributed by atoms with E-state index in [2.05, 4.69) is 5.32 Å². The third-order valence-corrected chi connectivity index (χ3v) is 3.18. The highest BCUT2D eigenvalue weighted by Gasteiger charge is 2.21. The van der Waals surface area contributed by atoms with Gasteiger partial charge in [0.15, 0.2) is 0 Å². The molecule has 0 radical (unpaired) electrons. The summed E-state index contributed by atoms with van der Waals surface area (Å²) < 4.78 is 5.36. The highest BCUT2D eigenvalue weighted by atomic mass is 35.5. The molecule has 0 spiro atoms. The topological polar surface area (TPSA) is 64.3 Å². The van der Waals surface area contributed by atoms with Crippen molar-refractivity contribution in [1.82, 2.24) is 5.32 Å². The summed E-state index contributed by atoms with van der Waals surface area (Å²) in [5.74, 6) is -0.0667. The van der Waals surface area contributed by atoms with Crippen LogP contribution in [0.4, 0.5) is 0 Å². The summed E-state index contributed by atoms with van der Waals surface area (Å²) >= 11 is 0. The van der Waals surface area contributed by atoms with Crippen LogP contribution in [0.5, 0.6) is 0 Å². The third-order valence-electron chi connectivity index (χ3n) is 3.18. The van der Waals surface area contributed by atoms with E-state index in [1.54, 1.807) is 19.2 Å². The Labute approximate surface area is 127 Å². The second-order valence-corrected chi connectivity index (χ2v) is 5.44. The maximum Gasteiger partial charge on any atom is 0.251 e. The Kier molecular flexibility index (Phi) is 7.79. The van der Waals surface area contributed by atoms with E-state index in [0.717, 1.165) is 12.0 Å². The van der Waals surface area contributed by atoms with E-state index in [1.165, 1.54) is 0 Å². The van der Waals surface area contributed by atoms with E-state index in [1.807, 2.05) is 32.9 Å². The lowest BCUT2D eigenvalue weighted by molar-refractivity contribution is 0.00885. The molecule has 0 heterocycles. The fourth-order valence-electron chi connectivity index (χ4n) is 1.97. The summed E-state index contributed by atoms with van der Waals surface area (Å²) in [6, 6.07) is 7.39. The lowest BCUT2D eigenvalue weighted by Crippen LogP contribution is -2.38. The summed E-state index contributed by atoms with van der Waals surface area (Å²) in [5.41, 5.74) is 6.96. The number of nitrogens with two attached hydrogens (primary N) is 1. The Morgan fingerprint density at radius 1 is 1.35 bits per heavy atom. The number of carbonyl (C=O) groups is 1. The van der Waals surface area contributed by atoms with Crippen LogP contribution in [0.25, 0.3) is 0 Å². The van der Waals surface area contributed by atoms with Gasteiger partial charge in [-0.05, 0) is 44.9 Å². The highest BCUT2D eigenvalue weighted by Crippen LogP contribution is 2.15. The molecule has 1 aromatic rings. The molecule has 3 N–H and O–H groups in total. The van der Waals surface area contributed by atoms with E-state index in [9.17, 15) is 4.79 Å². The van der Waals surface area contributed by atoms with Crippen molar-refractivity contribution in [2.24, 2.45) is 5.73 Å². The minimum absolute atomic E-state index is 0. The lowest BCUT2D eigenvalue weighted by atomic mass is 9.99. The fourth-order valence-corrected chi connectivity index (χ4v) is 1.97. The number of rotatable bonds is 6. The maximum atomic E-state index is 12.0. The minimum Gasteiger partial charge on any atom is -0.379 e. The first kappa shape index (κ1) is 18.9. The van der Waals surface area contributed by atoms with Gasteiger partial charge in [0.25, 0.3) is 5.91 Å². The van der Waals surface area contributed by atoms with Crippen LogP contribution in [-0.4, -0.2) is 24.7 Å². The SMILES string of the molecule is COC(C)(C)CC(C)NC(=O)c1ccc(CN)cc1.Cl. The summed E-state index contributed by atoms with van der Waals surface area (Å²) in [7, 11) is 1.68. The van der Waals surface area contributed by atoms with Gasteiger partial charge in [0.05, 0.1) is 5.60 Å². The Morgan fingerprint density at radius 2 is 1.90 bits per heavy atom. The van der Waals surface area contributed by atoms with Gasteiger partial charge in [0, 0.05) is 25.3 Å². The maximum absolute atomic E-state index is 12.0. The van der Waals surface area contributed by atoms with Gasteiger partial charge in [-0.1, -0.05) is 12.1 Å². The predicted molar refractivity (Wildman–Crippen MR) is 84.2 cm³/mol. The van der Waals surface area contributed by atoms with Crippen LogP contribution in [0.15, 0.2) is 24.3 Å². The molecule has 0 saturated carbocycles. The van der Waals surface area contributed by atoms with Gasteiger partial charge in [-0.2, -0.15) is 0 Å². The highest BCUT2D eigenvalue weighted by molar-refractivity contribution is 5.94. The predicted octanol–water partition coefficient (Wildman–Crippen LogP) is 2.50. The van der Waals surface area contributed by atoms with Crippen molar-refractivity contribution in [3.8, 4) is 0 Å². The number of hydrogen-bond donors (Lipinski definition) is 2. The van der Waals surface area contributed by atoms with Crippen molar-refractivity contribution in [3.63, 3.8) is 0 Å². The van der Waals surface area contributed by atoms with Crippen LogP contribution >= 0.6 is 12.4 Å². The first-order valence-electron chi connectivity index (χ1n) is 6.53. The molecule has 0 saturated heterocycles. The molecule has 0 aromatic heterocycles. The van der Waals surface area contributed by atoms with Crippen LogP contribution in [0.1, 0.15) is 43.1 Å². The molecular weight excluding hydrogens is 276 g/mol. The standard InChI is InChI=1S/C15H24N2O2.ClH/c1-11(9-15(2,3)19-4)17-14(18)13-7-5-12(10-16)6-8-13;/h5-8,11H,9-10,16H2,1-4H3,(H,17,18);1H. The number of halogens is 1. The van der Waals surface area contributed by atoms with Gasteiger partial charge < -0.3 is 15.8 Å². The average molecular weight is 301 g/mol. The number of nitrogens with one attached hydrogen (secondary N) is 1. The van der Waals surface area contributed by atoms with E-state index in [-0.39, 0.29) is 30.0 Å². The monoisotopic (exact) mass is 300 g/mol. The quantitative estimate of drug-likeness (QED) is 0.848. The second kappa shape index (κ2) is 8.25. The zero-order chi connectivity index (χ0) is 14.5. The molecule has 0 aliphatic carbocycles. The van der Waals surface area contributed by atoms with Crippen molar-refractivity contribution in [3.05, 3.63) is 35.4 Å². The number of amides is 1. The van der Waals surface area contributed by atoms with Crippen LogP contribution in [0.3, 0.4) is 0 Å². The zero-order valence-electron chi connectivity index (χ0n) is 12.6. The molecule has 0 aliphatic rings. The van der Waals surface area contributed by atoms with Crippen molar-refractivity contribution < 1.29 is 9.53 Å². The van der Waals surface area contributed by atoms with E-state index < -0.39 is 0 Å². The molecule has 1 atom stereocenters. The van der Waals surface area contributed by atoms with Gasteiger partial charge in [-0.15, -0.1) is 12.4 Å². The Hall–Kier alpha value is -1.10. The van der Waals surface area contributed by atoms with Gasteiger partial charge >= 0.3 is 0 Å². The smallest absolute Gasteiger partial charge is 0.251 e. The van der Waals surface area contributed by atoms with Crippen LogP contribution in [-0.2, 0) is 11.3 Å². The Balaban J connectivity index is 0.00000361. The first-order valence-corrected chi connectivity index (χ1v) is 6.53. The third kappa shape index (κ3) is 5.90. The second-order valence-electron chi connectivity index (χ2n) is 5.44. The zero-order valence-corrected chi connectivity index (χ0v) is 13.4. The molecule has 4 nitrogen and oxygen atoms in total.